The fourth-order valence-electron chi connectivity index (χ4n) is 2.28. The number of anilines is 4. The first-order valence-electron chi connectivity index (χ1n) is 7.50. The van der Waals surface area contributed by atoms with Crippen LogP contribution in [-0.2, 0) is 0 Å². The number of nitrogens with zero attached hydrogens (tertiary/aromatic N) is 3. The number of ether oxygens (including phenoxy) is 1. The third-order valence-corrected chi connectivity index (χ3v) is 3.92. The first-order chi connectivity index (χ1) is 12.6. The largest absolute Gasteiger partial charge is 0.497 e. The molecule has 0 aliphatic rings. The van der Waals surface area contributed by atoms with Crippen molar-refractivity contribution in [1.82, 2.24) is 9.97 Å². The summed E-state index contributed by atoms with van der Waals surface area (Å²) in [5, 5.41) is 17.5. The molecule has 3 rings (SSSR count). The molecule has 3 aromatic rings. The number of halogens is 1. The summed E-state index contributed by atoms with van der Waals surface area (Å²) in [5.74, 6) is 0.795. The molecule has 9 heteroatoms. The van der Waals surface area contributed by atoms with Crippen molar-refractivity contribution in [2.45, 2.75) is 0 Å². The third kappa shape index (κ3) is 4.06. The summed E-state index contributed by atoms with van der Waals surface area (Å²) in [6.07, 6.45) is 1.26. The standard InChI is InChI=1S/C17H14BrN5O3/c1-26-14-7-3-6-13(9-14)22-17-15(23(24)25)16(19-10-20-17)21-12-5-2-4-11(18)8-12/h2-10H,1H3,(H2,19,20,21,22). The van der Waals surface area contributed by atoms with Crippen LogP contribution in [0.25, 0.3) is 0 Å². The molecule has 0 fully saturated rings. The fourth-order valence-corrected chi connectivity index (χ4v) is 2.67. The zero-order chi connectivity index (χ0) is 18.5. The summed E-state index contributed by atoms with van der Waals surface area (Å²) < 4.78 is 6.00. The Balaban J connectivity index is 1.96. The highest BCUT2D eigenvalue weighted by molar-refractivity contribution is 9.10. The third-order valence-electron chi connectivity index (χ3n) is 3.42. The Labute approximate surface area is 157 Å². The zero-order valence-corrected chi connectivity index (χ0v) is 15.2. The van der Waals surface area contributed by atoms with Crippen molar-refractivity contribution in [3.05, 3.63) is 69.4 Å². The quantitative estimate of drug-likeness (QED) is 0.446. The SMILES string of the molecule is COc1cccc(Nc2ncnc(Nc3cccc(Br)c3)c2[N+](=O)[O-])c1. The van der Waals surface area contributed by atoms with Crippen LogP contribution >= 0.6 is 15.9 Å². The first kappa shape index (κ1) is 17.6. The monoisotopic (exact) mass is 415 g/mol. The number of hydrogen-bond acceptors (Lipinski definition) is 7. The summed E-state index contributed by atoms with van der Waals surface area (Å²) in [6.45, 7) is 0. The molecule has 0 amide bonds. The van der Waals surface area contributed by atoms with E-state index in [1.54, 1.807) is 43.5 Å². The number of benzene rings is 2. The molecule has 1 heterocycles. The van der Waals surface area contributed by atoms with Gasteiger partial charge in [0.05, 0.1) is 12.0 Å². The van der Waals surface area contributed by atoms with E-state index in [-0.39, 0.29) is 17.3 Å². The number of aromatic nitrogens is 2. The number of hydrogen-bond donors (Lipinski definition) is 2. The van der Waals surface area contributed by atoms with Gasteiger partial charge in [-0.05, 0) is 30.3 Å². The summed E-state index contributed by atoms with van der Waals surface area (Å²) in [5.41, 5.74) is 1.02. The molecular formula is C17H14BrN5O3. The van der Waals surface area contributed by atoms with E-state index in [4.69, 9.17) is 4.74 Å². The summed E-state index contributed by atoms with van der Waals surface area (Å²) in [4.78, 5) is 19.1. The smallest absolute Gasteiger partial charge is 0.353 e. The molecule has 0 aliphatic heterocycles. The molecule has 0 radical (unpaired) electrons. The molecule has 0 unspecified atom stereocenters. The van der Waals surface area contributed by atoms with Crippen LogP contribution in [0.1, 0.15) is 0 Å². The molecule has 0 aliphatic carbocycles. The van der Waals surface area contributed by atoms with Gasteiger partial charge in [-0.2, -0.15) is 0 Å². The number of nitrogens with one attached hydrogen (secondary N) is 2. The number of methoxy groups -OCH3 is 1. The molecule has 8 nitrogen and oxygen atoms in total. The van der Waals surface area contributed by atoms with Crippen LogP contribution in [0.3, 0.4) is 0 Å². The van der Waals surface area contributed by atoms with Crippen LogP contribution in [0, 0.1) is 10.1 Å². The maximum Gasteiger partial charge on any atom is 0.353 e. The van der Waals surface area contributed by atoms with Gasteiger partial charge >= 0.3 is 5.69 Å². The minimum atomic E-state index is -0.525. The van der Waals surface area contributed by atoms with Crippen LogP contribution < -0.4 is 15.4 Å². The van der Waals surface area contributed by atoms with Gasteiger partial charge in [0, 0.05) is 21.9 Å². The van der Waals surface area contributed by atoms with Gasteiger partial charge in [-0.1, -0.05) is 28.1 Å². The average molecular weight is 416 g/mol. The van der Waals surface area contributed by atoms with Gasteiger partial charge in [-0.15, -0.1) is 0 Å². The van der Waals surface area contributed by atoms with Crippen LogP contribution in [0.15, 0.2) is 59.3 Å². The lowest BCUT2D eigenvalue weighted by Gasteiger charge is -2.11. The van der Waals surface area contributed by atoms with E-state index in [9.17, 15) is 10.1 Å². The van der Waals surface area contributed by atoms with Crippen LogP contribution in [0.5, 0.6) is 5.75 Å². The minimum absolute atomic E-state index is 0.0794. The van der Waals surface area contributed by atoms with Gasteiger partial charge in [0.1, 0.15) is 12.1 Å². The summed E-state index contributed by atoms with van der Waals surface area (Å²) in [6, 6.07) is 14.3. The topological polar surface area (TPSA) is 102 Å². The second-order valence-corrected chi connectivity index (χ2v) is 6.08. The molecule has 26 heavy (non-hydrogen) atoms. The maximum absolute atomic E-state index is 11.6. The van der Waals surface area contributed by atoms with Crippen molar-refractivity contribution >= 4 is 44.6 Å². The van der Waals surface area contributed by atoms with Crippen molar-refractivity contribution in [3.63, 3.8) is 0 Å². The predicted molar refractivity (Wildman–Crippen MR) is 102 cm³/mol. The zero-order valence-electron chi connectivity index (χ0n) is 13.6. The Morgan fingerprint density at radius 3 is 2.23 bits per heavy atom. The van der Waals surface area contributed by atoms with E-state index in [1.165, 1.54) is 6.33 Å². The maximum atomic E-state index is 11.6. The molecule has 0 bridgehead atoms. The van der Waals surface area contributed by atoms with Crippen molar-refractivity contribution in [2.75, 3.05) is 17.7 Å². The van der Waals surface area contributed by atoms with E-state index in [2.05, 4.69) is 36.5 Å². The van der Waals surface area contributed by atoms with Gasteiger partial charge in [-0.25, -0.2) is 9.97 Å². The molecule has 0 atom stereocenters. The van der Waals surface area contributed by atoms with Gasteiger partial charge in [0.2, 0.25) is 11.6 Å². The Hall–Kier alpha value is -3.20. The minimum Gasteiger partial charge on any atom is -0.497 e. The van der Waals surface area contributed by atoms with Crippen molar-refractivity contribution < 1.29 is 9.66 Å². The first-order valence-corrected chi connectivity index (χ1v) is 8.29. The Morgan fingerprint density at radius 1 is 1.04 bits per heavy atom. The molecule has 1 aromatic heterocycles. The van der Waals surface area contributed by atoms with Crippen LogP contribution in [0.2, 0.25) is 0 Å². The van der Waals surface area contributed by atoms with Crippen molar-refractivity contribution in [2.24, 2.45) is 0 Å². The molecule has 0 saturated heterocycles. The van der Waals surface area contributed by atoms with E-state index in [1.807, 2.05) is 12.1 Å². The Bertz CT molecular complexity index is 951. The highest BCUT2D eigenvalue weighted by atomic mass is 79.9. The highest BCUT2D eigenvalue weighted by Crippen LogP contribution is 2.33. The molecule has 2 aromatic carbocycles. The normalized spacial score (nSPS) is 10.2. The van der Waals surface area contributed by atoms with Crippen molar-refractivity contribution in [1.29, 1.82) is 0 Å². The predicted octanol–water partition coefficient (Wildman–Crippen LogP) is 4.64. The summed E-state index contributed by atoms with van der Waals surface area (Å²) in [7, 11) is 1.55. The van der Waals surface area contributed by atoms with Crippen molar-refractivity contribution in [3.8, 4) is 5.75 Å². The lowest BCUT2D eigenvalue weighted by atomic mass is 10.3. The van der Waals surface area contributed by atoms with E-state index >= 15 is 0 Å². The molecule has 132 valence electrons. The molecule has 0 saturated carbocycles. The fraction of sp³-hybridized carbons (Fsp3) is 0.0588. The van der Waals surface area contributed by atoms with Gasteiger partial charge in [-0.3, -0.25) is 10.1 Å². The lowest BCUT2D eigenvalue weighted by molar-refractivity contribution is -0.383. The van der Waals surface area contributed by atoms with Gasteiger partial charge < -0.3 is 15.4 Å². The second kappa shape index (κ2) is 7.79. The Morgan fingerprint density at radius 2 is 1.65 bits per heavy atom. The van der Waals surface area contributed by atoms with E-state index in [0.29, 0.717) is 17.1 Å². The van der Waals surface area contributed by atoms with Gasteiger partial charge in [0.25, 0.3) is 0 Å². The lowest BCUT2D eigenvalue weighted by Crippen LogP contribution is -2.05. The van der Waals surface area contributed by atoms with E-state index < -0.39 is 4.92 Å². The van der Waals surface area contributed by atoms with Gasteiger partial charge in [0.15, 0.2) is 0 Å². The van der Waals surface area contributed by atoms with Crippen LogP contribution in [-0.4, -0.2) is 22.0 Å². The number of rotatable bonds is 6. The average Bonchev–Trinajstić information content (AvgIpc) is 2.62. The Kier molecular flexibility index (Phi) is 5.28. The molecular weight excluding hydrogens is 402 g/mol. The molecule has 2 N–H and O–H groups in total. The summed E-state index contributed by atoms with van der Waals surface area (Å²) >= 11 is 3.36. The van der Waals surface area contributed by atoms with E-state index in [0.717, 1.165) is 4.47 Å². The number of nitro groups is 1. The highest BCUT2D eigenvalue weighted by Gasteiger charge is 2.23. The van der Waals surface area contributed by atoms with Crippen LogP contribution in [0.4, 0.5) is 28.7 Å². The second-order valence-electron chi connectivity index (χ2n) is 5.17. The molecule has 0 spiro atoms.